The van der Waals surface area contributed by atoms with Gasteiger partial charge in [-0.25, -0.2) is 23.4 Å². The fraction of sp³-hybridized carbons (Fsp3) is 0.353. The fourth-order valence-corrected chi connectivity index (χ4v) is 6.04. The number of aromatic nitrogens is 4. The highest BCUT2D eigenvalue weighted by molar-refractivity contribution is 7.93. The van der Waals surface area contributed by atoms with Gasteiger partial charge in [-0.1, -0.05) is 24.3 Å². The van der Waals surface area contributed by atoms with E-state index >= 15 is 0 Å². The van der Waals surface area contributed by atoms with Gasteiger partial charge in [0.15, 0.2) is 5.92 Å². The van der Waals surface area contributed by atoms with E-state index in [-0.39, 0.29) is 18.2 Å². The second-order valence-corrected chi connectivity index (χ2v) is 14.1. The van der Waals surface area contributed by atoms with Crippen molar-refractivity contribution in [1.29, 1.82) is 0 Å². The minimum atomic E-state index is -3.71. The van der Waals surface area contributed by atoms with Crippen LogP contribution in [0, 0.1) is 0 Å². The van der Waals surface area contributed by atoms with Crippen molar-refractivity contribution in [2.45, 2.75) is 63.9 Å². The molecule has 0 aliphatic heterocycles. The lowest BCUT2D eigenvalue weighted by molar-refractivity contribution is -0.158. The Hall–Kier alpha value is -5.11. The molecular formula is C34H38N6O7S. The number of carbonyl (C=O) groups excluding carboxylic acids is 2. The van der Waals surface area contributed by atoms with Crippen LogP contribution in [0.5, 0.6) is 11.6 Å². The van der Waals surface area contributed by atoms with Gasteiger partial charge in [-0.05, 0) is 76.4 Å². The number of ether oxygens (including phenoxy) is 3. The number of hydrogen-bond acceptors (Lipinski definition) is 11. The number of carbonyl (C=O) groups is 2. The van der Waals surface area contributed by atoms with Gasteiger partial charge in [0.1, 0.15) is 11.4 Å². The summed E-state index contributed by atoms with van der Waals surface area (Å²) in [5.41, 5.74) is 1.60. The Labute approximate surface area is 279 Å². The summed E-state index contributed by atoms with van der Waals surface area (Å²) in [6.45, 7) is 7.46. The first kappa shape index (κ1) is 34.2. The lowest BCUT2D eigenvalue weighted by Gasteiger charge is -2.29. The summed E-state index contributed by atoms with van der Waals surface area (Å²) in [5.74, 6) is -2.24. The molecule has 1 fully saturated rings. The van der Waals surface area contributed by atoms with Crippen molar-refractivity contribution in [2.24, 2.45) is 0 Å². The topological polar surface area (TPSA) is 163 Å². The van der Waals surface area contributed by atoms with Crippen LogP contribution in [-0.4, -0.2) is 64.8 Å². The number of amides is 1. The lowest BCUT2D eigenvalue weighted by atomic mass is 10.0. The molecule has 1 unspecified atom stereocenters. The van der Waals surface area contributed by atoms with E-state index in [1.54, 1.807) is 70.5 Å². The molecule has 48 heavy (non-hydrogen) atoms. The molecule has 2 aromatic heterocycles. The van der Waals surface area contributed by atoms with Gasteiger partial charge in [0.2, 0.25) is 27.8 Å². The molecule has 1 amide bonds. The van der Waals surface area contributed by atoms with Crippen LogP contribution in [0.3, 0.4) is 0 Å². The second kappa shape index (κ2) is 14.3. The molecule has 1 aliphatic carbocycles. The summed E-state index contributed by atoms with van der Waals surface area (Å²) in [5, 5.41) is -0.524. The van der Waals surface area contributed by atoms with Crippen LogP contribution in [0.15, 0.2) is 73.2 Å². The van der Waals surface area contributed by atoms with Crippen molar-refractivity contribution in [3.05, 3.63) is 84.4 Å². The highest BCUT2D eigenvalue weighted by Gasteiger charge is 2.39. The van der Waals surface area contributed by atoms with E-state index in [4.69, 9.17) is 14.2 Å². The smallest absolute Gasteiger partial charge is 0.325 e. The van der Waals surface area contributed by atoms with Crippen LogP contribution in [0.1, 0.15) is 57.7 Å². The van der Waals surface area contributed by atoms with E-state index in [2.05, 4.69) is 24.7 Å². The summed E-state index contributed by atoms with van der Waals surface area (Å²) in [4.78, 5) is 47.0. The maximum absolute atomic E-state index is 14.6. The molecule has 2 aromatic carbocycles. The van der Waals surface area contributed by atoms with Crippen molar-refractivity contribution < 1.29 is 32.2 Å². The van der Waals surface area contributed by atoms with Crippen LogP contribution in [-0.2, 0) is 30.9 Å². The molecule has 1 aliphatic rings. The van der Waals surface area contributed by atoms with E-state index in [0.717, 1.165) is 11.1 Å². The Morgan fingerprint density at radius 3 is 2.33 bits per heavy atom. The Kier molecular flexibility index (Phi) is 10.2. The van der Waals surface area contributed by atoms with E-state index in [1.165, 1.54) is 23.4 Å². The third-order valence-electron chi connectivity index (χ3n) is 7.20. The molecule has 1 atom stereocenters. The summed E-state index contributed by atoms with van der Waals surface area (Å²) in [6, 6.07) is 15.7. The maximum atomic E-state index is 14.6. The van der Waals surface area contributed by atoms with Crippen LogP contribution >= 0.6 is 0 Å². The average molecular weight is 675 g/mol. The first-order valence-electron chi connectivity index (χ1n) is 15.4. The van der Waals surface area contributed by atoms with E-state index < -0.39 is 38.7 Å². The Bertz CT molecular complexity index is 1860. The lowest BCUT2D eigenvalue weighted by Crippen LogP contribution is -2.41. The SMILES string of the molecule is CCOc1cncc(-c2ccc(N(Cc3ccc(OC)cc3)C(=O)C(C(=O)OC(C)(C)C)c3ccnc(NS(=O)(=O)C4CC4)n3)cc2)n1. The van der Waals surface area contributed by atoms with Gasteiger partial charge in [0.05, 0.1) is 49.3 Å². The minimum Gasteiger partial charge on any atom is -0.497 e. The highest BCUT2D eigenvalue weighted by Crippen LogP contribution is 2.31. The molecule has 14 heteroatoms. The fourth-order valence-electron chi connectivity index (χ4n) is 4.76. The van der Waals surface area contributed by atoms with Gasteiger partial charge in [0, 0.05) is 17.4 Å². The van der Waals surface area contributed by atoms with Gasteiger partial charge in [-0.3, -0.25) is 19.3 Å². The molecule has 2 heterocycles. The van der Waals surface area contributed by atoms with Crippen molar-refractivity contribution in [1.82, 2.24) is 19.9 Å². The standard InChI is InChI=1S/C34H38N6O7S/c1-6-46-29-20-35-19-28(37-29)23-9-11-24(12-10-23)40(21-22-7-13-25(45-5)14-8-22)31(41)30(32(42)47-34(2,3)4)27-17-18-36-33(38-27)39-48(43,44)26-15-16-26/h7-14,17-20,26,30H,6,15-16,21H2,1-5H3,(H,36,38,39). The molecule has 1 N–H and O–H groups in total. The molecule has 13 nitrogen and oxygen atoms in total. The number of anilines is 2. The molecular weight excluding hydrogens is 636 g/mol. The van der Waals surface area contributed by atoms with Crippen LogP contribution in [0.25, 0.3) is 11.3 Å². The number of esters is 1. The number of sulfonamides is 1. The molecule has 0 radical (unpaired) electrons. The first-order valence-corrected chi connectivity index (χ1v) is 17.0. The molecule has 0 spiro atoms. The van der Waals surface area contributed by atoms with Crippen molar-refractivity contribution in [2.75, 3.05) is 23.3 Å². The molecule has 1 saturated carbocycles. The number of benzene rings is 2. The Morgan fingerprint density at radius 2 is 1.71 bits per heavy atom. The summed E-state index contributed by atoms with van der Waals surface area (Å²) in [7, 11) is -2.14. The normalized spacial score (nSPS) is 13.7. The molecule has 252 valence electrons. The number of nitrogens with one attached hydrogen (secondary N) is 1. The van der Waals surface area contributed by atoms with Gasteiger partial charge in [-0.15, -0.1) is 0 Å². The van der Waals surface area contributed by atoms with Crippen molar-refractivity contribution >= 4 is 33.5 Å². The van der Waals surface area contributed by atoms with E-state index in [0.29, 0.717) is 42.5 Å². The Balaban J connectivity index is 1.55. The van der Waals surface area contributed by atoms with Gasteiger partial charge in [-0.2, -0.15) is 0 Å². The maximum Gasteiger partial charge on any atom is 0.325 e. The third-order valence-corrected chi connectivity index (χ3v) is 9.02. The van der Waals surface area contributed by atoms with E-state index in [1.807, 2.05) is 19.1 Å². The Morgan fingerprint density at radius 1 is 1.00 bits per heavy atom. The molecule has 4 aromatic rings. The average Bonchev–Trinajstić information content (AvgIpc) is 3.91. The largest absolute Gasteiger partial charge is 0.497 e. The predicted molar refractivity (Wildman–Crippen MR) is 179 cm³/mol. The molecule has 0 saturated heterocycles. The highest BCUT2D eigenvalue weighted by atomic mass is 32.2. The summed E-state index contributed by atoms with van der Waals surface area (Å²) < 4.78 is 44.2. The monoisotopic (exact) mass is 674 g/mol. The number of hydrogen-bond donors (Lipinski definition) is 1. The zero-order valence-corrected chi connectivity index (χ0v) is 28.2. The van der Waals surface area contributed by atoms with Crippen molar-refractivity contribution in [3.63, 3.8) is 0 Å². The number of methoxy groups -OCH3 is 1. The quantitative estimate of drug-likeness (QED) is 0.152. The van der Waals surface area contributed by atoms with Crippen molar-refractivity contribution in [3.8, 4) is 22.9 Å². The van der Waals surface area contributed by atoms with Gasteiger partial charge < -0.3 is 19.1 Å². The van der Waals surface area contributed by atoms with E-state index in [9.17, 15) is 18.0 Å². The third kappa shape index (κ3) is 8.62. The molecule has 5 rings (SSSR count). The molecule has 0 bridgehead atoms. The summed E-state index contributed by atoms with van der Waals surface area (Å²) >= 11 is 0. The second-order valence-electron chi connectivity index (χ2n) is 12.1. The number of rotatable bonds is 13. The van der Waals surface area contributed by atoms with Crippen LogP contribution < -0.4 is 19.1 Å². The summed E-state index contributed by atoms with van der Waals surface area (Å²) in [6.07, 6.45) is 5.52. The van der Waals surface area contributed by atoms with Gasteiger partial charge >= 0.3 is 5.97 Å². The number of nitrogens with zero attached hydrogens (tertiary/aromatic N) is 5. The zero-order valence-electron chi connectivity index (χ0n) is 27.4. The first-order chi connectivity index (χ1) is 22.9. The zero-order chi connectivity index (χ0) is 34.5. The van der Waals surface area contributed by atoms with Crippen LogP contribution in [0.2, 0.25) is 0 Å². The van der Waals surface area contributed by atoms with Gasteiger partial charge in [0.25, 0.3) is 0 Å². The minimum absolute atomic E-state index is 0.0166. The predicted octanol–water partition coefficient (Wildman–Crippen LogP) is 4.90. The van der Waals surface area contributed by atoms with Crippen LogP contribution in [0.4, 0.5) is 11.6 Å².